The zero-order valence-corrected chi connectivity index (χ0v) is 12.8. The summed E-state index contributed by atoms with van der Waals surface area (Å²) in [6, 6.07) is 5.67. The first-order valence-corrected chi connectivity index (χ1v) is 7.50. The lowest BCUT2D eigenvalue weighted by Crippen LogP contribution is -2.38. The summed E-state index contributed by atoms with van der Waals surface area (Å²) in [6.45, 7) is 2.69. The molecule has 0 bridgehead atoms. The van der Waals surface area contributed by atoms with Crippen LogP contribution >= 0.6 is 15.9 Å². The first-order valence-electron chi connectivity index (χ1n) is 6.71. The number of rotatable bonds is 4. The van der Waals surface area contributed by atoms with Crippen molar-refractivity contribution in [3.63, 3.8) is 0 Å². The Morgan fingerprint density at radius 2 is 2.05 bits per heavy atom. The molecule has 1 saturated carbocycles. The Morgan fingerprint density at radius 3 is 2.63 bits per heavy atom. The van der Waals surface area contributed by atoms with Crippen molar-refractivity contribution < 1.29 is 9.90 Å². The van der Waals surface area contributed by atoms with E-state index in [9.17, 15) is 9.90 Å². The van der Waals surface area contributed by atoms with Gasteiger partial charge in [-0.1, -0.05) is 28.8 Å². The van der Waals surface area contributed by atoms with E-state index in [1.165, 1.54) is 0 Å². The number of hydrogen-bond donors (Lipinski definition) is 2. The van der Waals surface area contributed by atoms with Crippen LogP contribution in [0.5, 0.6) is 0 Å². The Labute approximate surface area is 122 Å². The van der Waals surface area contributed by atoms with Gasteiger partial charge in [0.25, 0.3) is 5.91 Å². The number of halogens is 1. The normalized spacial score (nSPS) is 17.4. The maximum Gasteiger partial charge on any atom is 0.251 e. The largest absolute Gasteiger partial charge is 0.396 e. The van der Waals surface area contributed by atoms with Gasteiger partial charge in [-0.3, -0.25) is 4.79 Å². The van der Waals surface area contributed by atoms with Gasteiger partial charge in [0.2, 0.25) is 0 Å². The van der Waals surface area contributed by atoms with Gasteiger partial charge in [-0.2, -0.15) is 0 Å². The maximum absolute atomic E-state index is 12.2. The molecule has 3 nitrogen and oxygen atoms in total. The lowest BCUT2D eigenvalue weighted by molar-refractivity contribution is 0.0880. The van der Waals surface area contributed by atoms with E-state index in [1.807, 2.05) is 25.1 Å². The Morgan fingerprint density at radius 1 is 1.37 bits per heavy atom. The Kier molecular flexibility index (Phi) is 4.63. The molecule has 0 unspecified atom stereocenters. The highest BCUT2D eigenvalue weighted by molar-refractivity contribution is 9.10. The van der Waals surface area contributed by atoms with Gasteiger partial charge >= 0.3 is 0 Å². The maximum atomic E-state index is 12.2. The molecule has 2 rings (SSSR count). The number of amides is 1. The second kappa shape index (κ2) is 6.06. The number of carbonyl (C=O) groups is 1. The monoisotopic (exact) mass is 325 g/mol. The molecule has 1 aliphatic carbocycles. The van der Waals surface area contributed by atoms with Gasteiger partial charge in [0.15, 0.2) is 0 Å². The molecule has 0 spiro atoms. The molecule has 4 heteroatoms. The van der Waals surface area contributed by atoms with Crippen molar-refractivity contribution in [3.8, 4) is 0 Å². The van der Waals surface area contributed by atoms with E-state index in [2.05, 4.69) is 21.2 Å². The van der Waals surface area contributed by atoms with Crippen LogP contribution < -0.4 is 5.32 Å². The first-order chi connectivity index (χ1) is 9.04. The van der Waals surface area contributed by atoms with E-state index in [-0.39, 0.29) is 17.9 Å². The van der Waals surface area contributed by atoms with Crippen LogP contribution in [0.3, 0.4) is 0 Å². The lowest BCUT2D eigenvalue weighted by Gasteiger charge is -2.26. The Balaban J connectivity index is 2.01. The number of nitrogens with one attached hydrogen (secondary N) is 1. The van der Waals surface area contributed by atoms with E-state index < -0.39 is 0 Å². The molecule has 0 aromatic heterocycles. The molecule has 0 heterocycles. The summed E-state index contributed by atoms with van der Waals surface area (Å²) < 4.78 is 0.912. The fourth-order valence-corrected chi connectivity index (χ4v) is 3.36. The number of benzene rings is 1. The highest BCUT2D eigenvalue weighted by Gasteiger charge is 2.33. The van der Waals surface area contributed by atoms with E-state index >= 15 is 0 Å². The fraction of sp³-hybridized carbons (Fsp3) is 0.533. The third kappa shape index (κ3) is 3.57. The first kappa shape index (κ1) is 14.5. The zero-order chi connectivity index (χ0) is 13.9. The summed E-state index contributed by atoms with van der Waals surface area (Å²) in [4.78, 5) is 12.2. The minimum atomic E-state index is -0.100. The van der Waals surface area contributed by atoms with Crippen molar-refractivity contribution >= 4 is 21.8 Å². The molecule has 104 valence electrons. The zero-order valence-electron chi connectivity index (χ0n) is 11.2. The van der Waals surface area contributed by atoms with E-state index in [1.54, 1.807) is 0 Å². The third-order valence-electron chi connectivity index (χ3n) is 3.93. The van der Waals surface area contributed by atoms with Gasteiger partial charge in [0.1, 0.15) is 0 Å². The van der Waals surface area contributed by atoms with E-state index in [4.69, 9.17) is 0 Å². The number of aliphatic hydroxyl groups is 1. The van der Waals surface area contributed by atoms with Gasteiger partial charge in [-0.25, -0.2) is 0 Å². The molecule has 1 aliphatic rings. The van der Waals surface area contributed by atoms with Gasteiger partial charge in [0, 0.05) is 22.0 Å². The average molecular weight is 326 g/mol. The van der Waals surface area contributed by atoms with E-state index in [0.29, 0.717) is 12.1 Å². The topological polar surface area (TPSA) is 49.3 Å². The van der Waals surface area contributed by atoms with Crippen LogP contribution in [-0.4, -0.2) is 24.2 Å². The van der Waals surface area contributed by atoms with Gasteiger partial charge < -0.3 is 10.4 Å². The average Bonchev–Trinajstić information content (AvgIpc) is 2.84. The number of aryl methyl sites for hydroxylation is 1. The van der Waals surface area contributed by atoms with Crippen LogP contribution in [0, 0.1) is 12.3 Å². The number of carbonyl (C=O) groups excluding carboxylic acids is 1. The highest BCUT2D eigenvalue weighted by Crippen LogP contribution is 2.36. The summed E-state index contributed by atoms with van der Waals surface area (Å²) in [5.74, 6) is -0.0656. The number of aliphatic hydroxyl groups excluding tert-OH is 1. The summed E-state index contributed by atoms with van der Waals surface area (Å²) in [6.07, 6.45) is 4.29. The van der Waals surface area contributed by atoms with Crippen LogP contribution in [0.4, 0.5) is 0 Å². The molecule has 1 fully saturated rings. The molecule has 1 amide bonds. The van der Waals surface area contributed by atoms with Gasteiger partial charge in [0.05, 0.1) is 6.61 Å². The lowest BCUT2D eigenvalue weighted by atomic mass is 9.87. The molecule has 1 aromatic rings. The quantitative estimate of drug-likeness (QED) is 0.893. The Hall–Kier alpha value is -0.870. The van der Waals surface area contributed by atoms with Crippen molar-refractivity contribution in [3.05, 3.63) is 33.8 Å². The second-order valence-corrected chi connectivity index (χ2v) is 6.48. The van der Waals surface area contributed by atoms with E-state index in [0.717, 1.165) is 35.7 Å². The summed E-state index contributed by atoms with van der Waals surface area (Å²) in [5, 5.41) is 12.5. The fourth-order valence-electron chi connectivity index (χ4n) is 2.75. The third-order valence-corrected chi connectivity index (χ3v) is 4.39. The van der Waals surface area contributed by atoms with Crippen LogP contribution in [-0.2, 0) is 0 Å². The van der Waals surface area contributed by atoms with Crippen LogP contribution in [0.1, 0.15) is 41.6 Å². The van der Waals surface area contributed by atoms with Crippen molar-refractivity contribution in [2.24, 2.45) is 5.41 Å². The summed E-state index contributed by atoms with van der Waals surface area (Å²) in [5.41, 5.74) is 1.62. The molecular weight excluding hydrogens is 306 g/mol. The van der Waals surface area contributed by atoms with Crippen molar-refractivity contribution in [1.29, 1.82) is 0 Å². The standard InChI is InChI=1S/C15H20BrNO2/c1-11-6-12(8-13(16)7-11)14(19)17-9-15(10-18)4-2-3-5-15/h6-8,18H,2-5,9-10H2,1H3,(H,17,19). The molecule has 19 heavy (non-hydrogen) atoms. The van der Waals surface area contributed by atoms with Gasteiger partial charge in [-0.15, -0.1) is 0 Å². The van der Waals surface area contributed by atoms with Crippen molar-refractivity contribution in [2.75, 3.05) is 13.2 Å². The Bertz CT molecular complexity index is 447. The molecule has 0 atom stereocenters. The molecule has 0 aliphatic heterocycles. The molecule has 1 aromatic carbocycles. The van der Waals surface area contributed by atoms with Crippen LogP contribution in [0.15, 0.2) is 22.7 Å². The SMILES string of the molecule is Cc1cc(Br)cc(C(=O)NCC2(CO)CCCC2)c1. The van der Waals surface area contributed by atoms with Crippen molar-refractivity contribution in [2.45, 2.75) is 32.6 Å². The summed E-state index contributed by atoms with van der Waals surface area (Å²) >= 11 is 3.40. The van der Waals surface area contributed by atoms with Crippen molar-refractivity contribution in [1.82, 2.24) is 5.32 Å². The minimum absolute atomic E-state index is 0.0656. The molecule has 2 N–H and O–H groups in total. The predicted molar refractivity (Wildman–Crippen MR) is 79.2 cm³/mol. The summed E-state index contributed by atoms with van der Waals surface area (Å²) in [7, 11) is 0. The van der Waals surface area contributed by atoms with Crippen LogP contribution in [0.25, 0.3) is 0 Å². The molecular formula is C15H20BrNO2. The van der Waals surface area contributed by atoms with Crippen LogP contribution in [0.2, 0.25) is 0 Å². The predicted octanol–water partition coefficient (Wildman–Crippen LogP) is 3.04. The minimum Gasteiger partial charge on any atom is -0.396 e. The van der Waals surface area contributed by atoms with Gasteiger partial charge in [-0.05, 0) is 43.5 Å². The number of hydrogen-bond acceptors (Lipinski definition) is 2. The highest BCUT2D eigenvalue weighted by atomic mass is 79.9. The second-order valence-electron chi connectivity index (χ2n) is 5.57. The molecule has 0 radical (unpaired) electrons. The molecule has 0 saturated heterocycles. The smallest absolute Gasteiger partial charge is 0.251 e.